The number of para-hydroxylation sites is 1. The lowest BCUT2D eigenvalue weighted by Gasteiger charge is -2.26. The highest BCUT2D eigenvalue weighted by Gasteiger charge is 2.20. The maximum absolute atomic E-state index is 13.7. The molecule has 1 amide bonds. The van der Waals surface area contributed by atoms with Crippen LogP contribution in [0.15, 0.2) is 79.4 Å². The number of amides is 1. The number of rotatable bonds is 8. The van der Waals surface area contributed by atoms with Gasteiger partial charge in [0.05, 0.1) is 54.4 Å². The van der Waals surface area contributed by atoms with Gasteiger partial charge in [0, 0.05) is 13.1 Å². The smallest absolute Gasteiger partial charge is 0.282 e. The molecule has 0 bridgehead atoms. The van der Waals surface area contributed by atoms with Gasteiger partial charge < -0.3 is 28.3 Å². The number of carbonyl (C=O) groups excluding carboxylic acids is 1. The van der Waals surface area contributed by atoms with Crippen molar-refractivity contribution >= 4 is 49.9 Å². The molecular formula is C31H27BrN4O7. The number of benzene rings is 3. The van der Waals surface area contributed by atoms with Crippen LogP contribution >= 0.6 is 15.9 Å². The third kappa shape index (κ3) is 5.71. The molecule has 0 N–H and O–H groups in total. The maximum atomic E-state index is 13.7. The molecule has 11 nitrogen and oxygen atoms in total. The quantitative estimate of drug-likeness (QED) is 0.223. The highest BCUT2D eigenvalue weighted by molar-refractivity contribution is 9.10. The fourth-order valence-corrected chi connectivity index (χ4v) is 5.40. The van der Waals surface area contributed by atoms with Gasteiger partial charge in [0.1, 0.15) is 11.3 Å². The Labute approximate surface area is 254 Å². The van der Waals surface area contributed by atoms with Gasteiger partial charge in [-0.2, -0.15) is 9.78 Å². The van der Waals surface area contributed by atoms with E-state index < -0.39 is 0 Å². The van der Waals surface area contributed by atoms with Crippen LogP contribution in [0.2, 0.25) is 0 Å². The SMILES string of the molecule is COc1cc(C=Nn2c(-c3cc4c(OC)cccc4o3)nc3ccccc3c2=O)cc(Br)c1OCC(=O)N1CCOCC1. The van der Waals surface area contributed by atoms with E-state index in [0.717, 1.165) is 5.39 Å². The number of methoxy groups -OCH3 is 2. The minimum atomic E-state index is -0.364. The van der Waals surface area contributed by atoms with Gasteiger partial charge in [0.2, 0.25) is 5.82 Å². The average Bonchev–Trinajstić information content (AvgIpc) is 3.48. The van der Waals surface area contributed by atoms with Gasteiger partial charge in [0.25, 0.3) is 11.5 Å². The van der Waals surface area contributed by atoms with Gasteiger partial charge >= 0.3 is 0 Å². The van der Waals surface area contributed by atoms with Crippen LogP contribution in [0, 0.1) is 0 Å². The lowest BCUT2D eigenvalue weighted by Crippen LogP contribution is -2.43. The number of nitrogens with zero attached hydrogens (tertiary/aromatic N) is 4. The number of morpholine rings is 1. The van der Waals surface area contributed by atoms with Crippen molar-refractivity contribution in [1.82, 2.24) is 14.6 Å². The molecule has 0 aliphatic carbocycles. The molecule has 0 atom stereocenters. The highest BCUT2D eigenvalue weighted by Crippen LogP contribution is 2.37. The lowest BCUT2D eigenvalue weighted by atomic mass is 10.2. The molecule has 1 aliphatic rings. The summed E-state index contributed by atoms with van der Waals surface area (Å²) in [6, 6.07) is 17.8. The second kappa shape index (κ2) is 12.3. The van der Waals surface area contributed by atoms with Gasteiger partial charge in [-0.25, -0.2) is 4.98 Å². The minimum absolute atomic E-state index is 0.137. The molecule has 12 heteroatoms. The van der Waals surface area contributed by atoms with Crippen LogP contribution in [-0.2, 0) is 9.53 Å². The van der Waals surface area contributed by atoms with E-state index in [1.165, 1.54) is 18.0 Å². The Hall–Kier alpha value is -4.68. The Morgan fingerprint density at radius 2 is 1.81 bits per heavy atom. The predicted molar refractivity (Wildman–Crippen MR) is 164 cm³/mol. The van der Waals surface area contributed by atoms with Crippen molar-refractivity contribution in [3.63, 3.8) is 0 Å². The van der Waals surface area contributed by atoms with Crippen molar-refractivity contribution in [2.75, 3.05) is 47.1 Å². The van der Waals surface area contributed by atoms with Crippen LogP contribution in [0.4, 0.5) is 0 Å². The Morgan fingerprint density at radius 3 is 2.60 bits per heavy atom. The van der Waals surface area contributed by atoms with Crippen LogP contribution in [-0.4, -0.2) is 73.8 Å². The zero-order chi connectivity index (χ0) is 29.9. The molecule has 1 aliphatic heterocycles. The van der Waals surface area contributed by atoms with Gasteiger partial charge in [-0.3, -0.25) is 9.59 Å². The number of furan rings is 1. The summed E-state index contributed by atoms with van der Waals surface area (Å²) in [7, 11) is 3.09. The van der Waals surface area contributed by atoms with Crippen LogP contribution in [0.25, 0.3) is 33.5 Å². The minimum Gasteiger partial charge on any atom is -0.496 e. The molecule has 220 valence electrons. The molecule has 6 rings (SSSR count). The zero-order valence-corrected chi connectivity index (χ0v) is 25.0. The maximum Gasteiger partial charge on any atom is 0.282 e. The summed E-state index contributed by atoms with van der Waals surface area (Å²) in [6.45, 7) is 1.93. The number of carbonyl (C=O) groups is 1. The van der Waals surface area contributed by atoms with Gasteiger partial charge in [-0.05, 0) is 64.0 Å². The summed E-state index contributed by atoms with van der Waals surface area (Å²) in [6.07, 6.45) is 1.51. The van der Waals surface area contributed by atoms with Gasteiger partial charge in [-0.1, -0.05) is 18.2 Å². The van der Waals surface area contributed by atoms with E-state index in [0.29, 0.717) is 75.8 Å². The van der Waals surface area contributed by atoms with Crippen LogP contribution < -0.4 is 19.8 Å². The molecule has 5 aromatic rings. The second-order valence-electron chi connectivity index (χ2n) is 9.61. The van der Waals surface area contributed by atoms with E-state index in [9.17, 15) is 9.59 Å². The van der Waals surface area contributed by atoms with Gasteiger partial charge in [-0.15, -0.1) is 0 Å². The molecule has 3 heterocycles. The first-order valence-corrected chi connectivity index (χ1v) is 14.2. The molecule has 0 radical (unpaired) electrons. The highest BCUT2D eigenvalue weighted by atomic mass is 79.9. The number of aromatic nitrogens is 2. The summed E-state index contributed by atoms with van der Waals surface area (Å²) in [5.41, 5.74) is 1.34. The van der Waals surface area contributed by atoms with E-state index in [-0.39, 0.29) is 23.9 Å². The second-order valence-corrected chi connectivity index (χ2v) is 10.5. The summed E-state index contributed by atoms with van der Waals surface area (Å²) < 4.78 is 30.0. The Balaban J connectivity index is 1.36. The molecule has 1 fully saturated rings. The number of hydrogen-bond donors (Lipinski definition) is 0. The largest absolute Gasteiger partial charge is 0.496 e. The van der Waals surface area contributed by atoms with Crippen LogP contribution in [0.3, 0.4) is 0 Å². The van der Waals surface area contributed by atoms with Crippen molar-refractivity contribution in [1.29, 1.82) is 0 Å². The molecule has 3 aromatic carbocycles. The van der Waals surface area contributed by atoms with Crippen molar-refractivity contribution in [3.05, 3.63) is 81.1 Å². The Bertz CT molecular complexity index is 1910. The number of fused-ring (bicyclic) bond motifs is 2. The first-order valence-electron chi connectivity index (χ1n) is 13.5. The topological polar surface area (TPSA) is 118 Å². The monoisotopic (exact) mass is 646 g/mol. The summed E-state index contributed by atoms with van der Waals surface area (Å²) >= 11 is 3.52. The van der Waals surface area contributed by atoms with E-state index in [4.69, 9.17) is 28.3 Å². The third-order valence-electron chi connectivity index (χ3n) is 6.99. The number of ether oxygens (including phenoxy) is 4. The van der Waals surface area contributed by atoms with Crippen molar-refractivity contribution < 1.29 is 28.2 Å². The van der Waals surface area contributed by atoms with E-state index in [2.05, 4.69) is 21.0 Å². The fraction of sp³-hybridized carbons (Fsp3) is 0.226. The van der Waals surface area contributed by atoms with Crippen LogP contribution in [0.5, 0.6) is 17.2 Å². The molecular weight excluding hydrogens is 620 g/mol. The fourth-order valence-electron chi connectivity index (χ4n) is 4.83. The normalized spacial score (nSPS) is 13.6. The summed E-state index contributed by atoms with van der Waals surface area (Å²) in [5.74, 6) is 1.85. The predicted octanol–water partition coefficient (Wildman–Crippen LogP) is 4.71. The van der Waals surface area contributed by atoms with E-state index >= 15 is 0 Å². The van der Waals surface area contributed by atoms with E-state index in [1.54, 1.807) is 48.4 Å². The molecule has 0 saturated carbocycles. The van der Waals surface area contributed by atoms with Gasteiger partial charge in [0.15, 0.2) is 23.9 Å². The molecule has 2 aromatic heterocycles. The first kappa shape index (κ1) is 28.4. The Morgan fingerprint density at radius 1 is 1.02 bits per heavy atom. The molecule has 0 unspecified atom stereocenters. The standard InChI is InChI=1S/C31H27BrN4O7/c1-39-24-8-5-9-25-21(24)16-27(43-25)30-34-23-7-4-3-6-20(23)31(38)36(30)33-17-19-14-22(32)29(26(15-19)40-2)42-18-28(37)35-10-12-41-13-11-35/h3-9,14-17H,10-13,18H2,1-2H3. The zero-order valence-electron chi connectivity index (χ0n) is 23.4. The lowest BCUT2D eigenvalue weighted by molar-refractivity contribution is -0.137. The molecule has 0 spiro atoms. The third-order valence-corrected chi connectivity index (χ3v) is 7.58. The first-order chi connectivity index (χ1) is 21.0. The van der Waals surface area contributed by atoms with Crippen molar-refractivity contribution in [3.8, 4) is 28.8 Å². The summed E-state index contributed by atoms with van der Waals surface area (Å²) in [4.78, 5) is 32.7. The average molecular weight is 647 g/mol. The Kier molecular flexibility index (Phi) is 8.12. The molecule has 1 saturated heterocycles. The van der Waals surface area contributed by atoms with Crippen LogP contribution in [0.1, 0.15) is 5.56 Å². The van der Waals surface area contributed by atoms with Crippen molar-refractivity contribution in [2.24, 2.45) is 5.10 Å². The summed E-state index contributed by atoms with van der Waals surface area (Å²) in [5, 5.41) is 5.68. The number of halogens is 1. The number of hydrogen-bond acceptors (Lipinski definition) is 9. The van der Waals surface area contributed by atoms with Crippen molar-refractivity contribution in [2.45, 2.75) is 0 Å². The molecule has 43 heavy (non-hydrogen) atoms. The van der Waals surface area contributed by atoms with E-state index in [1.807, 2.05) is 24.3 Å².